The van der Waals surface area contributed by atoms with Gasteiger partial charge >= 0.3 is 6.18 Å². The average Bonchev–Trinajstić information content (AvgIpc) is 3.15. The van der Waals surface area contributed by atoms with Crippen molar-refractivity contribution in [3.63, 3.8) is 0 Å². The average molecular weight is 400 g/mol. The number of benzene rings is 1. The van der Waals surface area contributed by atoms with Gasteiger partial charge in [-0.25, -0.2) is 0 Å². The lowest BCUT2D eigenvalue weighted by Crippen LogP contribution is -2.38. The lowest BCUT2D eigenvalue weighted by Gasteiger charge is -2.20. The molecule has 150 valence electrons. The molecule has 1 saturated heterocycles. The predicted molar refractivity (Wildman–Crippen MR) is 103 cm³/mol. The van der Waals surface area contributed by atoms with Crippen LogP contribution in [0.2, 0.25) is 0 Å². The Balaban J connectivity index is 1.36. The molecular weight excluding hydrogens is 381 g/mol. The van der Waals surface area contributed by atoms with Crippen molar-refractivity contribution in [1.82, 2.24) is 15.3 Å². The van der Waals surface area contributed by atoms with Crippen LogP contribution >= 0.6 is 0 Å². The molecule has 0 bridgehead atoms. The van der Waals surface area contributed by atoms with Crippen LogP contribution in [0.25, 0.3) is 10.9 Å². The summed E-state index contributed by atoms with van der Waals surface area (Å²) in [6.07, 6.45) is 0.447. The second kappa shape index (κ2) is 7.69. The Bertz CT molecular complexity index is 1040. The van der Waals surface area contributed by atoms with Gasteiger partial charge in [0.1, 0.15) is 0 Å². The molecule has 5 nitrogen and oxygen atoms in total. The first-order chi connectivity index (χ1) is 13.9. The minimum atomic E-state index is -4.42. The van der Waals surface area contributed by atoms with E-state index in [4.69, 9.17) is 0 Å². The molecule has 1 amide bonds. The maximum absolute atomic E-state index is 12.9. The van der Waals surface area contributed by atoms with Crippen molar-refractivity contribution < 1.29 is 18.0 Å². The Labute approximate surface area is 165 Å². The Hall–Kier alpha value is -3.16. The van der Waals surface area contributed by atoms with E-state index in [1.807, 2.05) is 35.2 Å². The van der Waals surface area contributed by atoms with Crippen LogP contribution in [-0.4, -0.2) is 35.0 Å². The molecule has 4 rings (SSSR count). The first kappa shape index (κ1) is 19.2. The molecule has 1 aliphatic heterocycles. The third-order valence-electron chi connectivity index (χ3n) is 5.00. The molecule has 0 spiro atoms. The smallest absolute Gasteiger partial charge is 0.368 e. The van der Waals surface area contributed by atoms with Gasteiger partial charge in [0.2, 0.25) is 5.91 Å². The number of rotatable bonds is 4. The van der Waals surface area contributed by atoms with Crippen LogP contribution in [0.1, 0.15) is 17.5 Å². The molecule has 29 heavy (non-hydrogen) atoms. The third kappa shape index (κ3) is 4.47. The third-order valence-corrected chi connectivity index (χ3v) is 5.00. The molecule has 3 aromatic rings. The monoisotopic (exact) mass is 400 g/mol. The lowest BCUT2D eigenvalue weighted by atomic mass is 10.1. The number of fused-ring (bicyclic) bond motifs is 1. The molecule has 1 unspecified atom stereocenters. The van der Waals surface area contributed by atoms with Gasteiger partial charge in [0.15, 0.2) is 0 Å². The van der Waals surface area contributed by atoms with Crippen LogP contribution in [0.4, 0.5) is 18.9 Å². The highest BCUT2D eigenvalue weighted by molar-refractivity contribution is 5.83. The lowest BCUT2D eigenvalue weighted by molar-refractivity contribution is -0.137. The standard InChI is InChI=1S/C21H19F3N4O/c22-21(23,24)16-10-18(12-25-11-16)28-7-5-17(13-28)27-20(29)9-14-3-4-19-15(8-14)2-1-6-26-19/h1-4,6,8,10-12,17H,5,7,9,13H2,(H,27,29). The van der Waals surface area contributed by atoms with E-state index in [9.17, 15) is 18.0 Å². The summed E-state index contributed by atoms with van der Waals surface area (Å²) in [5.74, 6) is -0.109. The van der Waals surface area contributed by atoms with Crippen LogP contribution in [0.15, 0.2) is 55.0 Å². The van der Waals surface area contributed by atoms with Crippen molar-refractivity contribution in [2.75, 3.05) is 18.0 Å². The zero-order chi connectivity index (χ0) is 20.4. The fraction of sp³-hybridized carbons (Fsp3) is 0.286. The molecule has 1 aromatic carbocycles. The number of alkyl halides is 3. The molecule has 1 aliphatic rings. The number of amides is 1. The zero-order valence-electron chi connectivity index (χ0n) is 15.5. The fourth-order valence-corrected chi connectivity index (χ4v) is 3.57. The summed E-state index contributed by atoms with van der Waals surface area (Å²) in [5, 5.41) is 3.96. The predicted octanol–water partition coefficient (Wildman–Crippen LogP) is 3.59. The molecule has 0 saturated carbocycles. The Morgan fingerprint density at radius 2 is 2.07 bits per heavy atom. The van der Waals surface area contributed by atoms with E-state index in [-0.39, 0.29) is 18.4 Å². The molecular formula is C21H19F3N4O. The van der Waals surface area contributed by atoms with Gasteiger partial charge in [-0.05, 0) is 36.2 Å². The van der Waals surface area contributed by atoms with Crippen LogP contribution in [0, 0.1) is 0 Å². The van der Waals surface area contributed by atoms with Gasteiger partial charge < -0.3 is 10.2 Å². The molecule has 0 aliphatic carbocycles. The van der Waals surface area contributed by atoms with Crippen molar-refractivity contribution in [1.29, 1.82) is 0 Å². The minimum absolute atomic E-state index is 0.109. The second-order valence-electron chi connectivity index (χ2n) is 7.14. The van der Waals surface area contributed by atoms with Crippen LogP contribution < -0.4 is 10.2 Å². The number of anilines is 1. The maximum atomic E-state index is 12.9. The van der Waals surface area contributed by atoms with Gasteiger partial charge in [0.05, 0.1) is 29.4 Å². The van der Waals surface area contributed by atoms with E-state index in [1.165, 1.54) is 6.20 Å². The Kier molecular flexibility index (Phi) is 5.08. The molecule has 1 atom stereocenters. The summed E-state index contributed by atoms with van der Waals surface area (Å²) in [7, 11) is 0. The van der Waals surface area contributed by atoms with Gasteiger partial charge in [-0.2, -0.15) is 13.2 Å². The SMILES string of the molecule is O=C(Cc1ccc2ncccc2c1)NC1CCN(c2cncc(C(F)(F)F)c2)C1. The van der Waals surface area contributed by atoms with Crippen molar-refractivity contribution in [3.05, 3.63) is 66.1 Å². The quantitative estimate of drug-likeness (QED) is 0.727. The summed E-state index contributed by atoms with van der Waals surface area (Å²) in [4.78, 5) is 22.2. The Morgan fingerprint density at radius 3 is 2.90 bits per heavy atom. The molecule has 3 heterocycles. The van der Waals surface area contributed by atoms with E-state index in [2.05, 4.69) is 15.3 Å². The van der Waals surface area contributed by atoms with Crippen molar-refractivity contribution in [3.8, 4) is 0 Å². The van der Waals surface area contributed by atoms with Crippen molar-refractivity contribution >= 4 is 22.5 Å². The maximum Gasteiger partial charge on any atom is 0.417 e. The van der Waals surface area contributed by atoms with Gasteiger partial charge in [-0.3, -0.25) is 14.8 Å². The fourth-order valence-electron chi connectivity index (χ4n) is 3.57. The number of nitrogens with zero attached hydrogens (tertiary/aromatic N) is 3. The normalized spacial score (nSPS) is 16.9. The molecule has 8 heteroatoms. The van der Waals surface area contributed by atoms with E-state index >= 15 is 0 Å². The van der Waals surface area contributed by atoms with Crippen molar-refractivity contribution in [2.45, 2.75) is 25.1 Å². The molecule has 0 radical (unpaired) electrons. The highest BCUT2D eigenvalue weighted by atomic mass is 19.4. The van der Waals surface area contributed by atoms with Crippen LogP contribution in [0.5, 0.6) is 0 Å². The second-order valence-corrected chi connectivity index (χ2v) is 7.14. The van der Waals surface area contributed by atoms with E-state index in [0.717, 1.165) is 28.7 Å². The number of carbonyl (C=O) groups excluding carboxylic acids is 1. The summed E-state index contributed by atoms with van der Waals surface area (Å²) >= 11 is 0. The number of halogens is 3. The van der Waals surface area contributed by atoms with Gasteiger partial charge in [0.25, 0.3) is 0 Å². The highest BCUT2D eigenvalue weighted by Crippen LogP contribution is 2.31. The summed E-state index contributed by atoms with van der Waals surface area (Å²) < 4.78 is 38.7. The minimum Gasteiger partial charge on any atom is -0.368 e. The Morgan fingerprint density at radius 1 is 1.21 bits per heavy atom. The topological polar surface area (TPSA) is 58.1 Å². The number of nitrogens with one attached hydrogen (secondary N) is 1. The number of aromatic nitrogens is 2. The number of pyridine rings is 2. The molecule has 1 fully saturated rings. The van der Waals surface area contributed by atoms with Gasteiger partial charge in [-0.15, -0.1) is 0 Å². The molecule has 1 N–H and O–H groups in total. The first-order valence-electron chi connectivity index (χ1n) is 9.29. The van der Waals surface area contributed by atoms with Crippen molar-refractivity contribution in [2.24, 2.45) is 0 Å². The highest BCUT2D eigenvalue weighted by Gasteiger charge is 2.32. The summed E-state index contributed by atoms with van der Waals surface area (Å²) in [6.45, 7) is 1.02. The summed E-state index contributed by atoms with van der Waals surface area (Å²) in [5.41, 5.74) is 1.41. The summed E-state index contributed by atoms with van der Waals surface area (Å²) in [6, 6.07) is 10.5. The van der Waals surface area contributed by atoms with Gasteiger partial charge in [-0.1, -0.05) is 12.1 Å². The molecule has 2 aromatic heterocycles. The van der Waals surface area contributed by atoms with Crippen LogP contribution in [0.3, 0.4) is 0 Å². The largest absolute Gasteiger partial charge is 0.417 e. The first-order valence-corrected chi connectivity index (χ1v) is 9.29. The zero-order valence-corrected chi connectivity index (χ0v) is 15.5. The van der Waals surface area contributed by atoms with E-state index in [0.29, 0.717) is 25.2 Å². The number of hydrogen-bond donors (Lipinski definition) is 1. The number of carbonyl (C=O) groups is 1. The van der Waals surface area contributed by atoms with E-state index < -0.39 is 11.7 Å². The van der Waals surface area contributed by atoms with Gasteiger partial charge in [0, 0.05) is 36.9 Å². The van der Waals surface area contributed by atoms with Crippen LogP contribution in [-0.2, 0) is 17.4 Å². The number of hydrogen-bond acceptors (Lipinski definition) is 4. The van der Waals surface area contributed by atoms with E-state index in [1.54, 1.807) is 6.20 Å².